The van der Waals surface area contributed by atoms with Gasteiger partial charge >= 0.3 is 0 Å². The normalized spacial score (nSPS) is 10.3. The van der Waals surface area contributed by atoms with E-state index in [9.17, 15) is 0 Å². The van der Waals surface area contributed by atoms with Crippen molar-refractivity contribution in [2.75, 3.05) is 12.7 Å². The van der Waals surface area contributed by atoms with Gasteiger partial charge in [-0.25, -0.2) is 0 Å². The molecule has 0 radical (unpaired) electrons. The molecule has 0 aliphatic heterocycles. The minimum Gasteiger partial charge on any atom is -0.320 e. The lowest BCUT2D eigenvalue weighted by molar-refractivity contribution is 0.825. The molecule has 0 saturated heterocycles. The Morgan fingerprint density at radius 2 is 2.00 bits per heavy atom. The molecule has 0 atom stereocenters. The van der Waals surface area contributed by atoms with Crippen LogP contribution in [0.4, 0.5) is 0 Å². The first kappa shape index (κ1) is 7.18. The van der Waals surface area contributed by atoms with Gasteiger partial charge in [0.05, 0.1) is 0 Å². The molecule has 0 saturated carbocycles. The van der Waals surface area contributed by atoms with E-state index in [2.05, 4.69) is 25.3 Å². The van der Waals surface area contributed by atoms with Gasteiger partial charge in [0, 0.05) is 8.80 Å². The zero-order valence-electron chi connectivity index (χ0n) is 5.49. The topological polar surface area (TPSA) is 12.0 Å². The summed E-state index contributed by atoms with van der Waals surface area (Å²) in [5.41, 5.74) is 0. The van der Waals surface area contributed by atoms with Crippen LogP contribution in [0.3, 0.4) is 0 Å². The largest absolute Gasteiger partial charge is 0.320 e. The zero-order valence-corrected chi connectivity index (χ0v) is 6.65. The maximum Gasteiger partial charge on any atom is 0.0466 e. The van der Waals surface area contributed by atoms with Crippen molar-refractivity contribution in [1.82, 2.24) is 5.32 Å². The summed E-state index contributed by atoms with van der Waals surface area (Å²) in [5.74, 6) is 0. The highest BCUT2D eigenvalue weighted by Crippen LogP contribution is 1.72. The average Bonchev–Trinajstić information content (AvgIpc) is 1.61. The minimum absolute atomic E-state index is 0.299. The van der Waals surface area contributed by atoms with E-state index in [1.54, 1.807) is 0 Å². The van der Waals surface area contributed by atoms with Gasteiger partial charge in [0.1, 0.15) is 0 Å². The second kappa shape index (κ2) is 4.34. The summed E-state index contributed by atoms with van der Waals surface area (Å²) < 4.78 is 0. The molecule has 0 aromatic heterocycles. The van der Waals surface area contributed by atoms with E-state index < -0.39 is 0 Å². The fourth-order valence-electron chi connectivity index (χ4n) is 0.433. The SMILES string of the molecule is CCNC[SiH](C)C. The summed E-state index contributed by atoms with van der Waals surface area (Å²) in [6.45, 7) is 7.98. The molecular formula is C5H15NSi. The van der Waals surface area contributed by atoms with Crippen molar-refractivity contribution in [2.45, 2.75) is 20.0 Å². The smallest absolute Gasteiger partial charge is 0.0466 e. The highest BCUT2D eigenvalue weighted by Gasteiger charge is 1.89. The van der Waals surface area contributed by atoms with Crippen LogP contribution in [0.2, 0.25) is 13.1 Å². The lowest BCUT2D eigenvalue weighted by atomic mass is 10.8. The van der Waals surface area contributed by atoms with Gasteiger partial charge in [0.15, 0.2) is 0 Å². The van der Waals surface area contributed by atoms with Crippen LogP contribution in [0.5, 0.6) is 0 Å². The highest BCUT2D eigenvalue weighted by molar-refractivity contribution is 6.55. The van der Waals surface area contributed by atoms with E-state index >= 15 is 0 Å². The van der Waals surface area contributed by atoms with E-state index in [0.29, 0.717) is 0 Å². The van der Waals surface area contributed by atoms with Gasteiger partial charge in [0.2, 0.25) is 0 Å². The lowest BCUT2D eigenvalue weighted by Gasteiger charge is -2.00. The van der Waals surface area contributed by atoms with Gasteiger partial charge in [-0.05, 0) is 12.7 Å². The molecule has 0 aliphatic carbocycles. The summed E-state index contributed by atoms with van der Waals surface area (Å²) in [6.07, 6.45) is 1.29. The average molecular weight is 117 g/mol. The van der Waals surface area contributed by atoms with Gasteiger partial charge in [-0.2, -0.15) is 0 Å². The van der Waals surface area contributed by atoms with Gasteiger partial charge in [-0.1, -0.05) is 20.0 Å². The quantitative estimate of drug-likeness (QED) is 0.534. The molecule has 2 heteroatoms. The molecule has 0 aliphatic rings. The van der Waals surface area contributed by atoms with Crippen LogP contribution in [0.25, 0.3) is 0 Å². The predicted octanol–water partition coefficient (Wildman–Crippen LogP) is 0.622. The molecule has 7 heavy (non-hydrogen) atoms. The number of hydrogen-bond donors (Lipinski definition) is 1. The first-order chi connectivity index (χ1) is 3.27. The Bertz CT molecular complexity index is 37.1. The van der Waals surface area contributed by atoms with E-state index in [4.69, 9.17) is 0 Å². The number of rotatable bonds is 3. The van der Waals surface area contributed by atoms with Crippen molar-refractivity contribution in [3.63, 3.8) is 0 Å². The predicted molar refractivity (Wildman–Crippen MR) is 37.4 cm³/mol. The molecule has 1 N–H and O–H groups in total. The Kier molecular flexibility index (Phi) is 4.45. The van der Waals surface area contributed by atoms with Crippen LogP contribution in [0, 0.1) is 0 Å². The number of nitrogens with one attached hydrogen (secondary N) is 1. The lowest BCUT2D eigenvalue weighted by Crippen LogP contribution is -2.24. The fourth-order valence-corrected chi connectivity index (χ4v) is 1.30. The molecule has 0 bridgehead atoms. The Morgan fingerprint density at radius 3 is 2.14 bits per heavy atom. The zero-order chi connectivity index (χ0) is 5.70. The maximum atomic E-state index is 3.31. The molecule has 0 aromatic rings. The van der Waals surface area contributed by atoms with Gasteiger partial charge in [0.25, 0.3) is 0 Å². The second-order valence-electron chi connectivity index (χ2n) is 2.20. The van der Waals surface area contributed by atoms with Crippen LogP contribution < -0.4 is 5.32 Å². The van der Waals surface area contributed by atoms with E-state index in [1.165, 1.54) is 6.17 Å². The first-order valence-electron chi connectivity index (χ1n) is 2.98. The molecule has 0 amide bonds. The van der Waals surface area contributed by atoms with Gasteiger partial charge in [-0.15, -0.1) is 0 Å². The van der Waals surface area contributed by atoms with Crippen LogP contribution in [-0.2, 0) is 0 Å². The third-order valence-corrected chi connectivity index (χ3v) is 1.91. The summed E-state index contributed by atoms with van der Waals surface area (Å²) in [5, 5.41) is 3.31. The molecular weight excluding hydrogens is 102 g/mol. The van der Waals surface area contributed by atoms with Crippen molar-refractivity contribution in [1.29, 1.82) is 0 Å². The van der Waals surface area contributed by atoms with Crippen molar-refractivity contribution in [3.8, 4) is 0 Å². The number of hydrogen-bond acceptors (Lipinski definition) is 1. The molecule has 44 valence electrons. The Hall–Kier alpha value is 0.177. The monoisotopic (exact) mass is 117 g/mol. The van der Waals surface area contributed by atoms with Gasteiger partial charge < -0.3 is 5.32 Å². The van der Waals surface area contributed by atoms with Crippen LogP contribution in [-0.4, -0.2) is 21.5 Å². The van der Waals surface area contributed by atoms with Crippen molar-refractivity contribution >= 4 is 8.80 Å². The van der Waals surface area contributed by atoms with E-state index in [1.807, 2.05) is 0 Å². The summed E-state index contributed by atoms with van der Waals surface area (Å²) in [6, 6.07) is 0. The fraction of sp³-hybridized carbons (Fsp3) is 1.00. The molecule has 0 rings (SSSR count). The van der Waals surface area contributed by atoms with E-state index in [0.717, 1.165) is 6.54 Å². The standard InChI is InChI=1S/C5H15NSi/c1-4-6-5-7(2)3/h6-7H,4-5H2,1-3H3. The van der Waals surface area contributed by atoms with Gasteiger partial charge in [-0.3, -0.25) is 0 Å². The Morgan fingerprint density at radius 1 is 1.43 bits per heavy atom. The molecule has 0 unspecified atom stereocenters. The Balaban J connectivity index is 2.68. The molecule has 1 nitrogen and oxygen atoms in total. The molecule has 0 fully saturated rings. The minimum atomic E-state index is -0.299. The summed E-state index contributed by atoms with van der Waals surface area (Å²) in [7, 11) is -0.299. The van der Waals surface area contributed by atoms with Crippen molar-refractivity contribution < 1.29 is 0 Å². The molecule has 0 heterocycles. The Labute approximate surface area is 47.7 Å². The highest BCUT2D eigenvalue weighted by atomic mass is 28.3. The van der Waals surface area contributed by atoms with E-state index in [-0.39, 0.29) is 8.80 Å². The van der Waals surface area contributed by atoms with Crippen LogP contribution in [0.1, 0.15) is 6.92 Å². The third kappa shape index (κ3) is 6.18. The third-order valence-electron chi connectivity index (χ3n) is 0.803. The summed E-state index contributed by atoms with van der Waals surface area (Å²) >= 11 is 0. The maximum absolute atomic E-state index is 3.31. The molecule has 0 spiro atoms. The molecule has 0 aromatic carbocycles. The first-order valence-corrected chi connectivity index (χ1v) is 6.10. The van der Waals surface area contributed by atoms with Crippen LogP contribution in [0.15, 0.2) is 0 Å². The van der Waals surface area contributed by atoms with Crippen LogP contribution >= 0.6 is 0 Å². The summed E-state index contributed by atoms with van der Waals surface area (Å²) in [4.78, 5) is 0. The van der Waals surface area contributed by atoms with Crippen molar-refractivity contribution in [2.24, 2.45) is 0 Å². The van der Waals surface area contributed by atoms with Crippen molar-refractivity contribution in [3.05, 3.63) is 0 Å². The second-order valence-corrected chi connectivity index (χ2v) is 5.40.